The molecule has 1 aromatic carbocycles. The average Bonchev–Trinajstić information content (AvgIpc) is 3.10. The zero-order valence-electron chi connectivity index (χ0n) is 17.0. The summed E-state index contributed by atoms with van der Waals surface area (Å²) in [4.78, 5) is 28.3. The van der Waals surface area contributed by atoms with E-state index in [1.807, 2.05) is 4.90 Å². The van der Waals surface area contributed by atoms with Crippen molar-refractivity contribution in [2.75, 3.05) is 19.6 Å². The minimum absolute atomic E-state index is 0.0442. The normalized spacial score (nSPS) is 17.1. The molecular weight excluding hydrogens is 472 g/mol. The molecular formula is C21H24BrClN4O3. The quantitative estimate of drug-likeness (QED) is 0.622. The van der Waals surface area contributed by atoms with Crippen molar-refractivity contribution in [2.24, 2.45) is 0 Å². The Morgan fingerprint density at radius 2 is 1.90 bits per heavy atom. The second-order valence-electron chi connectivity index (χ2n) is 8.00. The average molecular weight is 496 g/mol. The molecule has 2 amide bonds. The number of carbonyl (C=O) groups excluding carboxylic acids is 2. The van der Waals surface area contributed by atoms with Crippen molar-refractivity contribution in [1.29, 1.82) is 0 Å². The monoisotopic (exact) mass is 494 g/mol. The molecule has 0 unspecified atom stereocenters. The molecule has 0 atom stereocenters. The maximum absolute atomic E-state index is 13.2. The van der Waals surface area contributed by atoms with Crippen LogP contribution in [0.5, 0.6) is 0 Å². The number of aromatic nitrogens is 2. The highest BCUT2D eigenvalue weighted by Gasteiger charge is 2.33. The maximum Gasteiger partial charge on any atom is 0.428 e. The number of benzene rings is 1. The highest BCUT2D eigenvalue weighted by Crippen LogP contribution is 2.32. The van der Waals surface area contributed by atoms with E-state index in [2.05, 4.69) is 57.6 Å². The van der Waals surface area contributed by atoms with Gasteiger partial charge in [-0.2, -0.15) is 8.81 Å². The Hall–Kier alpha value is -2.06. The van der Waals surface area contributed by atoms with Gasteiger partial charge < -0.3 is 14.1 Å². The number of amides is 2. The van der Waals surface area contributed by atoms with Gasteiger partial charge in [-0.15, -0.1) is 0 Å². The predicted octanol–water partition coefficient (Wildman–Crippen LogP) is 4.33. The van der Waals surface area contributed by atoms with Crippen LogP contribution >= 0.6 is 28.0 Å². The largest absolute Gasteiger partial charge is 0.428 e. The van der Waals surface area contributed by atoms with E-state index in [0.717, 1.165) is 24.1 Å². The summed E-state index contributed by atoms with van der Waals surface area (Å²) in [6.07, 6.45) is 1.83. The summed E-state index contributed by atoms with van der Waals surface area (Å²) in [6, 6.07) is 6.48. The van der Waals surface area contributed by atoms with Gasteiger partial charge in [-0.25, -0.2) is 4.79 Å². The van der Waals surface area contributed by atoms with E-state index in [4.69, 9.17) is 11.9 Å². The summed E-state index contributed by atoms with van der Waals surface area (Å²) in [5.74, 6) is 0.434. The van der Waals surface area contributed by atoms with Crippen molar-refractivity contribution in [2.45, 2.75) is 45.6 Å². The summed E-state index contributed by atoms with van der Waals surface area (Å²) in [7, 11) is 0. The van der Waals surface area contributed by atoms with Gasteiger partial charge in [0, 0.05) is 25.2 Å². The summed E-state index contributed by atoms with van der Waals surface area (Å²) in [5.41, 5.74) is 6.19. The molecule has 0 saturated carbocycles. The first kappa shape index (κ1) is 21.2. The predicted molar refractivity (Wildman–Crippen MR) is 117 cm³/mol. The fourth-order valence-corrected chi connectivity index (χ4v) is 5.10. The van der Waals surface area contributed by atoms with E-state index in [9.17, 15) is 9.59 Å². The Labute approximate surface area is 189 Å². The molecule has 0 aliphatic carbocycles. The molecule has 0 spiro atoms. The van der Waals surface area contributed by atoms with Gasteiger partial charge in [-0.05, 0) is 55.7 Å². The minimum Gasteiger partial charge on any atom is -0.337 e. The third-order valence-corrected chi connectivity index (χ3v) is 7.13. The van der Waals surface area contributed by atoms with Gasteiger partial charge in [0.15, 0.2) is 5.69 Å². The molecule has 7 nitrogen and oxygen atoms in total. The molecule has 1 aromatic heterocycles. The van der Waals surface area contributed by atoms with Crippen LogP contribution in [0.1, 0.15) is 57.2 Å². The molecule has 1 saturated heterocycles. The van der Waals surface area contributed by atoms with Crippen LogP contribution in [0.25, 0.3) is 0 Å². The van der Waals surface area contributed by atoms with Crippen LogP contribution in [0.4, 0.5) is 4.79 Å². The van der Waals surface area contributed by atoms with Gasteiger partial charge in [0.2, 0.25) is 0 Å². The van der Waals surface area contributed by atoms with Crippen molar-refractivity contribution in [1.82, 2.24) is 18.6 Å². The fraction of sp³-hybridized carbons (Fsp3) is 0.476. The van der Waals surface area contributed by atoms with Crippen molar-refractivity contribution >= 4 is 40.0 Å². The van der Waals surface area contributed by atoms with Crippen LogP contribution < -0.4 is 0 Å². The molecule has 9 heteroatoms. The third-order valence-electron chi connectivity index (χ3n) is 6.41. The molecule has 4 rings (SSSR count). The Bertz CT molecular complexity index is 985. The number of halogens is 2. The lowest BCUT2D eigenvalue weighted by Gasteiger charge is -2.33. The number of aryl methyl sites for hydroxylation is 1. The molecule has 30 heavy (non-hydrogen) atoms. The van der Waals surface area contributed by atoms with Gasteiger partial charge in [0.1, 0.15) is 11.9 Å². The van der Waals surface area contributed by atoms with Gasteiger partial charge in [-0.3, -0.25) is 4.79 Å². The van der Waals surface area contributed by atoms with Crippen LogP contribution in [0.2, 0.25) is 0 Å². The zero-order chi connectivity index (χ0) is 21.4. The first-order valence-electron chi connectivity index (χ1n) is 10.1. The van der Waals surface area contributed by atoms with Gasteiger partial charge >= 0.3 is 6.09 Å². The van der Waals surface area contributed by atoms with E-state index in [-0.39, 0.29) is 5.91 Å². The van der Waals surface area contributed by atoms with Crippen LogP contribution in [0, 0.1) is 13.8 Å². The number of hydrogen-bond acceptors (Lipinski definition) is 4. The Kier molecular flexibility index (Phi) is 6.06. The second-order valence-corrected chi connectivity index (χ2v) is 8.83. The molecule has 1 fully saturated rings. The van der Waals surface area contributed by atoms with E-state index in [0.29, 0.717) is 44.2 Å². The lowest BCUT2D eigenvalue weighted by atomic mass is 9.85. The second kappa shape index (κ2) is 8.59. The molecule has 2 aliphatic rings. The Balaban J connectivity index is 1.47. The van der Waals surface area contributed by atoms with Gasteiger partial charge in [0.05, 0.1) is 28.4 Å². The minimum atomic E-state index is -0.600. The van der Waals surface area contributed by atoms with E-state index in [1.54, 1.807) is 0 Å². The molecule has 0 bridgehead atoms. The summed E-state index contributed by atoms with van der Waals surface area (Å²) < 4.78 is 5.80. The van der Waals surface area contributed by atoms with E-state index < -0.39 is 6.09 Å². The van der Waals surface area contributed by atoms with Crippen molar-refractivity contribution in [3.63, 3.8) is 0 Å². The van der Waals surface area contributed by atoms with Crippen LogP contribution in [-0.2, 0) is 17.3 Å². The molecule has 0 radical (unpaired) electrons. The zero-order valence-corrected chi connectivity index (χ0v) is 19.4. The topological polar surface area (TPSA) is 67.7 Å². The maximum atomic E-state index is 13.2. The number of hydrogen-bond donors (Lipinski definition) is 0. The van der Waals surface area contributed by atoms with Crippen LogP contribution in [-0.4, -0.2) is 50.2 Å². The summed E-state index contributed by atoms with van der Waals surface area (Å²) in [6.45, 7) is 6.48. The fourth-order valence-electron chi connectivity index (χ4n) is 4.52. The van der Waals surface area contributed by atoms with E-state index in [1.165, 1.54) is 25.3 Å². The third kappa shape index (κ3) is 3.83. The SMILES string of the molecule is Cc1cccc(C2CCN(C(=O)c3nn(Br)c4c3CCN(C(=O)OCl)C4)CC2)c1C. The van der Waals surface area contributed by atoms with E-state index >= 15 is 0 Å². The van der Waals surface area contributed by atoms with Crippen molar-refractivity contribution in [3.05, 3.63) is 51.8 Å². The van der Waals surface area contributed by atoms with Gasteiger partial charge in [-0.1, -0.05) is 18.2 Å². The number of piperidine rings is 1. The highest BCUT2D eigenvalue weighted by atomic mass is 79.9. The number of carbonyl (C=O) groups is 2. The first-order valence-corrected chi connectivity index (χ1v) is 11.1. The molecule has 2 aliphatic heterocycles. The molecule has 2 aromatic rings. The molecule has 0 N–H and O–H groups in total. The van der Waals surface area contributed by atoms with Crippen molar-refractivity contribution in [3.8, 4) is 0 Å². The first-order chi connectivity index (χ1) is 14.4. The Morgan fingerprint density at radius 3 is 2.60 bits per heavy atom. The number of likely N-dealkylation sites (tertiary alicyclic amines) is 1. The highest BCUT2D eigenvalue weighted by molar-refractivity contribution is 9.08. The van der Waals surface area contributed by atoms with Gasteiger partial charge in [0.25, 0.3) is 5.91 Å². The van der Waals surface area contributed by atoms with Crippen molar-refractivity contribution < 1.29 is 13.9 Å². The number of nitrogens with zero attached hydrogens (tertiary/aromatic N) is 4. The molecule has 3 heterocycles. The summed E-state index contributed by atoms with van der Waals surface area (Å²) in [5, 5.41) is 4.42. The number of fused-ring (bicyclic) bond motifs is 1. The summed E-state index contributed by atoms with van der Waals surface area (Å²) >= 11 is 8.57. The smallest absolute Gasteiger partial charge is 0.337 e. The Morgan fingerprint density at radius 1 is 1.17 bits per heavy atom. The van der Waals surface area contributed by atoms with Crippen LogP contribution in [0.3, 0.4) is 0 Å². The molecule has 160 valence electrons. The van der Waals surface area contributed by atoms with Crippen LogP contribution in [0.15, 0.2) is 18.2 Å². The number of rotatable bonds is 2. The lowest BCUT2D eigenvalue weighted by Crippen LogP contribution is -2.39. The lowest BCUT2D eigenvalue weighted by molar-refractivity contribution is 0.0705. The standard InChI is InChI=1S/C21H24BrClN4O3/c1-13-4-3-5-16(14(13)2)15-6-9-25(10-7-15)20(28)19-17-8-11-26(21(29)30-23)12-18(17)27(22)24-19/h3-5,15H,6-12H2,1-2H3.